The van der Waals surface area contributed by atoms with Crippen molar-refractivity contribution in [2.45, 2.75) is 25.7 Å². The van der Waals surface area contributed by atoms with Crippen molar-refractivity contribution < 1.29 is 14.3 Å². The normalized spacial score (nSPS) is 25.9. The van der Waals surface area contributed by atoms with E-state index in [2.05, 4.69) is 15.9 Å². The number of carboxylic acid groups (broad SMARTS) is 1. The first-order valence-electron chi connectivity index (χ1n) is 4.60. The van der Waals surface area contributed by atoms with E-state index >= 15 is 0 Å². The van der Waals surface area contributed by atoms with Crippen LogP contribution in [0.5, 0.6) is 0 Å². The lowest BCUT2D eigenvalue weighted by molar-refractivity contribution is -0.142. The molecule has 0 bridgehead atoms. The molecular weight excluding hydrogens is 248 g/mol. The third kappa shape index (κ3) is 1.47. The summed E-state index contributed by atoms with van der Waals surface area (Å²) in [5.41, 5.74) is 1.04. The van der Waals surface area contributed by atoms with Crippen LogP contribution in [0.4, 0.5) is 0 Å². The van der Waals surface area contributed by atoms with Crippen LogP contribution in [0.15, 0.2) is 15.2 Å². The molecule has 4 heteroatoms. The molecule has 2 atom stereocenters. The molecule has 0 amide bonds. The molecule has 0 saturated heterocycles. The van der Waals surface area contributed by atoms with Crippen LogP contribution >= 0.6 is 15.9 Å². The van der Waals surface area contributed by atoms with Gasteiger partial charge in [0.15, 0.2) is 4.67 Å². The van der Waals surface area contributed by atoms with Crippen LogP contribution < -0.4 is 0 Å². The number of carbonyl (C=O) groups is 1. The molecule has 0 fully saturated rings. The zero-order valence-corrected chi connectivity index (χ0v) is 9.37. The highest BCUT2D eigenvalue weighted by atomic mass is 79.9. The predicted octanol–water partition coefficient (Wildman–Crippen LogP) is 2.79. The molecule has 1 aromatic heterocycles. The second-order valence-electron chi connectivity index (χ2n) is 3.70. The van der Waals surface area contributed by atoms with E-state index in [1.165, 1.54) is 0 Å². The van der Waals surface area contributed by atoms with Gasteiger partial charge in [0.2, 0.25) is 0 Å². The first kappa shape index (κ1) is 9.77. The van der Waals surface area contributed by atoms with E-state index in [1.807, 2.05) is 13.0 Å². The second kappa shape index (κ2) is 3.42. The van der Waals surface area contributed by atoms with Crippen molar-refractivity contribution in [3.05, 3.63) is 22.1 Å². The molecule has 14 heavy (non-hydrogen) atoms. The number of halogens is 1. The van der Waals surface area contributed by atoms with Crippen molar-refractivity contribution in [1.82, 2.24) is 0 Å². The van der Waals surface area contributed by atoms with Gasteiger partial charge < -0.3 is 9.52 Å². The van der Waals surface area contributed by atoms with E-state index in [9.17, 15) is 4.79 Å². The monoisotopic (exact) mass is 258 g/mol. The summed E-state index contributed by atoms with van der Waals surface area (Å²) >= 11 is 3.26. The molecule has 0 spiro atoms. The van der Waals surface area contributed by atoms with E-state index in [4.69, 9.17) is 9.52 Å². The van der Waals surface area contributed by atoms with Gasteiger partial charge in [0.25, 0.3) is 0 Å². The third-order valence-corrected chi connectivity index (χ3v) is 3.30. The fraction of sp³-hybridized carbons (Fsp3) is 0.500. The molecule has 1 aliphatic rings. The highest BCUT2D eigenvalue weighted by Gasteiger charge is 2.33. The van der Waals surface area contributed by atoms with E-state index < -0.39 is 5.97 Å². The molecule has 2 rings (SSSR count). The summed E-state index contributed by atoms with van der Waals surface area (Å²) in [7, 11) is 0. The summed E-state index contributed by atoms with van der Waals surface area (Å²) in [6.45, 7) is 1.94. The lowest BCUT2D eigenvalue weighted by Crippen LogP contribution is -2.24. The van der Waals surface area contributed by atoms with Crippen molar-refractivity contribution in [3.8, 4) is 0 Å². The summed E-state index contributed by atoms with van der Waals surface area (Å²) in [6.07, 6.45) is 1.39. The average Bonchev–Trinajstić information content (AvgIpc) is 2.46. The Morgan fingerprint density at radius 2 is 2.43 bits per heavy atom. The Morgan fingerprint density at radius 1 is 1.71 bits per heavy atom. The van der Waals surface area contributed by atoms with Gasteiger partial charge in [0.1, 0.15) is 5.76 Å². The van der Waals surface area contributed by atoms with E-state index in [0.717, 1.165) is 17.7 Å². The molecule has 76 valence electrons. The maximum Gasteiger partial charge on any atom is 0.307 e. The van der Waals surface area contributed by atoms with Gasteiger partial charge in [-0.2, -0.15) is 0 Å². The molecule has 2 unspecified atom stereocenters. The number of furan rings is 1. The molecule has 0 saturated carbocycles. The first-order valence-corrected chi connectivity index (χ1v) is 5.40. The Bertz CT molecular complexity index is 369. The third-order valence-electron chi connectivity index (χ3n) is 2.91. The average molecular weight is 259 g/mol. The molecule has 1 aromatic rings. The first-order chi connectivity index (χ1) is 6.59. The van der Waals surface area contributed by atoms with Crippen LogP contribution in [0.2, 0.25) is 0 Å². The quantitative estimate of drug-likeness (QED) is 0.843. The van der Waals surface area contributed by atoms with Gasteiger partial charge in [0, 0.05) is 6.42 Å². The topological polar surface area (TPSA) is 50.4 Å². The van der Waals surface area contributed by atoms with Crippen LogP contribution in [0.3, 0.4) is 0 Å². The summed E-state index contributed by atoms with van der Waals surface area (Å²) < 4.78 is 6.12. The molecule has 0 radical (unpaired) electrons. The van der Waals surface area contributed by atoms with Crippen LogP contribution in [-0.2, 0) is 11.2 Å². The Labute approximate surface area is 90.2 Å². The molecule has 3 nitrogen and oxygen atoms in total. The van der Waals surface area contributed by atoms with Gasteiger partial charge in [0.05, 0.1) is 5.92 Å². The summed E-state index contributed by atoms with van der Waals surface area (Å²) in [5.74, 6) is 0.000599. The summed E-state index contributed by atoms with van der Waals surface area (Å²) in [5, 5.41) is 9.00. The maximum atomic E-state index is 10.9. The number of aliphatic carboxylic acids is 1. The van der Waals surface area contributed by atoms with Crippen molar-refractivity contribution in [2.75, 3.05) is 0 Å². The number of hydrogen-bond donors (Lipinski definition) is 1. The Hall–Kier alpha value is -0.770. The van der Waals surface area contributed by atoms with Crippen LogP contribution in [0.1, 0.15) is 30.6 Å². The number of hydrogen-bond acceptors (Lipinski definition) is 2. The fourth-order valence-corrected chi connectivity index (χ4v) is 2.52. The van der Waals surface area contributed by atoms with Gasteiger partial charge >= 0.3 is 5.97 Å². The summed E-state index contributed by atoms with van der Waals surface area (Å²) in [6, 6.07) is 1.88. The minimum atomic E-state index is -0.708. The van der Waals surface area contributed by atoms with Crippen molar-refractivity contribution in [3.63, 3.8) is 0 Å². The van der Waals surface area contributed by atoms with Crippen molar-refractivity contribution in [1.29, 1.82) is 0 Å². The molecular formula is C10H11BrO3. The standard InChI is InChI=1S/C10H11BrO3/c1-5-6(10(12)13)2-3-8-7(5)4-9(11)14-8/h4-6H,2-3H2,1H3,(H,12,13). The van der Waals surface area contributed by atoms with Crippen LogP contribution in [0, 0.1) is 5.92 Å². The summed E-state index contributed by atoms with van der Waals surface area (Å²) in [4.78, 5) is 10.9. The van der Waals surface area contributed by atoms with Gasteiger partial charge in [-0.15, -0.1) is 0 Å². The van der Waals surface area contributed by atoms with Crippen LogP contribution in [-0.4, -0.2) is 11.1 Å². The molecule has 0 aromatic carbocycles. The van der Waals surface area contributed by atoms with E-state index in [0.29, 0.717) is 11.1 Å². The Balaban J connectivity index is 2.35. The highest BCUT2D eigenvalue weighted by Crippen LogP contribution is 2.38. The minimum absolute atomic E-state index is 0.0475. The van der Waals surface area contributed by atoms with Crippen molar-refractivity contribution in [2.24, 2.45) is 5.92 Å². The van der Waals surface area contributed by atoms with Crippen molar-refractivity contribution >= 4 is 21.9 Å². The van der Waals surface area contributed by atoms with Crippen LogP contribution in [0.25, 0.3) is 0 Å². The fourth-order valence-electron chi connectivity index (χ4n) is 2.08. The number of aryl methyl sites for hydroxylation is 1. The van der Waals surface area contributed by atoms with Gasteiger partial charge in [-0.3, -0.25) is 4.79 Å². The highest BCUT2D eigenvalue weighted by molar-refractivity contribution is 9.10. The molecule has 1 heterocycles. The zero-order valence-electron chi connectivity index (χ0n) is 7.79. The largest absolute Gasteiger partial charge is 0.481 e. The maximum absolute atomic E-state index is 10.9. The van der Waals surface area contributed by atoms with Gasteiger partial charge in [-0.05, 0) is 39.9 Å². The molecule has 1 N–H and O–H groups in total. The van der Waals surface area contributed by atoms with E-state index in [1.54, 1.807) is 0 Å². The Morgan fingerprint density at radius 3 is 3.07 bits per heavy atom. The smallest absolute Gasteiger partial charge is 0.307 e. The lowest BCUT2D eigenvalue weighted by atomic mass is 9.79. The van der Waals surface area contributed by atoms with Gasteiger partial charge in [-0.1, -0.05) is 6.92 Å². The Kier molecular flexibility index (Phi) is 2.39. The second-order valence-corrected chi connectivity index (χ2v) is 4.48. The van der Waals surface area contributed by atoms with E-state index in [-0.39, 0.29) is 11.8 Å². The minimum Gasteiger partial charge on any atom is -0.481 e. The molecule has 0 aliphatic heterocycles. The number of fused-ring (bicyclic) bond motifs is 1. The van der Waals surface area contributed by atoms with Gasteiger partial charge in [-0.25, -0.2) is 0 Å². The lowest BCUT2D eigenvalue weighted by Gasteiger charge is -2.24. The predicted molar refractivity (Wildman–Crippen MR) is 54.3 cm³/mol. The number of carboxylic acids is 1. The SMILES string of the molecule is CC1c2cc(Br)oc2CCC1C(=O)O. The zero-order chi connectivity index (χ0) is 10.3. The molecule has 1 aliphatic carbocycles. The number of rotatable bonds is 1.